The molecule has 0 aliphatic heterocycles. The molecular weight excluding hydrogens is 442 g/mol. The van der Waals surface area contributed by atoms with E-state index >= 15 is 0 Å². The van der Waals surface area contributed by atoms with Crippen LogP contribution in [-0.4, -0.2) is 49.7 Å². The Kier molecular flexibility index (Phi) is 8.47. The third-order valence-corrected chi connectivity index (χ3v) is 13.1. The van der Waals surface area contributed by atoms with Gasteiger partial charge in [-0.2, -0.15) is 35.6 Å². The summed E-state index contributed by atoms with van der Waals surface area (Å²) < 4.78 is 117. The lowest BCUT2D eigenvalue weighted by Crippen LogP contribution is -2.44. The van der Waals surface area contributed by atoms with E-state index < -0.39 is 57.4 Å². The highest BCUT2D eigenvalue weighted by Gasteiger charge is 2.62. The summed E-state index contributed by atoms with van der Waals surface area (Å²) in [7, 11) is -8.46. The fraction of sp³-hybridized carbons (Fsp3) is 1.00. The molecule has 0 saturated carbocycles. The molecular formula is C11H19ClF6O4S3. The monoisotopic (exact) mass is 460 g/mol. The van der Waals surface area contributed by atoms with Crippen LogP contribution in [0.3, 0.4) is 0 Å². The van der Waals surface area contributed by atoms with Gasteiger partial charge in [0.1, 0.15) is 0 Å². The Morgan fingerprint density at radius 1 is 0.800 bits per heavy atom. The molecule has 0 N–H and O–H groups in total. The molecule has 0 bridgehead atoms. The standard InChI is InChI=1S/C11H19ClF6O4S3/c1-3-23(12,4-2)8-6-5-7-9(24(19,20)10(13,14)15)25(21,22)11(16,17)18/h9H,3-8H2,1-2H3. The minimum absolute atomic E-state index is 0.0256. The third kappa shape index (κ3) is 6.06. The smallest absolute Gasteiger partial charge is 0.218 e. The van der Waals surface area contributed by atoms with Gasteiger partial charge in [0.05, 0.1) is 0 Å². The van der Waals surface area contributed by atoms with Gasteiger partial charge in [0, 0.05) is 0 Å². The fourth-order valence-electron chi connectivity index (χ4n) is 1.94. The van der Waals surface area contributed by atoms with Gasteiger partial charge < -0.3 is 0 Å². The van der Waals surface area contributed by atoms with E-state index in [-0.39, 0.29) is 12.2 Å². The summed E-state index contributed by atoms with van der Waals surface area (Å²) >= 11 is 0. The number of rotatable bonds is 9. The van der Waals surface area contributed by atoms with E-state index in [4.69, 9.17) is 10.7 Å². The van der Waals surface area contributed by atoms with E-state index in [9.17, 15) is 43.2 Å². The zero-order chi connectivity index (χ0) is 20.3. The lowest BCUT2D eigenvalue weighted by molar-refractivity contribution is -0.0472. The van der Waals surface area contributed by atoms with E-state index in [1.54, 1.807) is 13.8 Å². The summed E-state index contributed by atoms with van der Waals surface area (Å²) in [5.74, 6) is 1.42. The fourth-order valence-corrected chi connectivity index (χ4v) is 7.51. The van der Waals surface area contributed by atoms with Gasteiger partial charge >= 0.3 is 11.0 Å². The van der Waals surface area contributed by atoms with Crippen LogP contribution in [0.5, 0.6) is 0 Å². The summed E-state index contributed by atoms with van der Waals surface area (Å²) in [5, 5.41) is 0. The lowest BCUT2D eigenvalue weighted by Gasteiger charge is -2.30. The Balaban J connectivity index is 5.49. The maximum atomic E-state index is 12.6. The van der Waals surface area contributed by atoms with Crippen LogP contribution in [0, 0.1) is 0 Å². The summed E-state index contributed by atoms with van der Waals surface area (Å²) in [4.78, 5) is 0. The molecule has 0 aliphatic carbocycles. The minimum Gasteiger partial charge on any atom is -0.218 e. The zero-order valence-electron chi connectivity index (χ0n) is 13.3. The largest absolute Gasteiger partial charge is 0.498 e. The molecule has 0 amide bonds. The number of halogens is 7. The van der Waals surface area contributed by atoms with Gasteiger partial charge in [-0.3, -0.25) is 0 Å². The molecule has 0 aliphatic rings. The Hall–Kier alpha value is 0.120. The lowest BCUT2D eigenvalue weighted by atomic mass is 10.3. The van der Waals surface area contributed by atoms with Crippen molar-refractivity contribution in [2.75, 3.05) is 17.3 Å². The molecule has 0 spiro atoms. The second-order valence-electron chi connectivity index (χ2n) is 5.13. The summed E-state index contributed by atoms with van der Waals surface area (Å²) in [6, 6.07) is 0. The van der Waals surface area contributed by atoms with Crippen molar-refractivity contribution in [3.63, 3.8) is 0 Å². The molecule has 0 aromatic heterocycles. The maximum Gasteiger partial charge on any atom is 0.498 e. The number of hydrogen-bond donors (Lipinski definition) is 0. The first kappa shape index (κ1) is 25.1. The number of hydrogen-bond acceptors (Lipinski definition) is 4. The minimum atomic E-state index is -6.54. The molecule has 0 atom stereocenters. The predicted molar refractivity (Wildman–Crippen MR) is 87.0 cm³/mol. The molecule has 0 aromatic carbocycles. The Morgan fingerprint density at radius 2 is 1.16 bits per heavy atom. The summed E-state index contributed by atoms with van der Waals surface area (Å²) in [6.07, 6.45) is -1.72. The highest BCUT2D eigenvalue weighted by atomic mass is 35.7. The molecule has 0 heterocycles. The second kappa shape index (κ2) is 8.42. The van der Waals surface area contributed by atoms with Crippen LogP contribution in [0.2, 0.25) is 0 Å². The summed E-state index contributed by atoms with van der Waals surface area (Å²) in [5.41, 5.74) is -12.2. The molecule has 0 unspecified atom stereocenters. The highest BCUT2D eigenvalue weighted by Crippen LogP contribution is 2.53. The average molecular weight is 461 g/mol. The van der Waals surface area contributed by atoms with Gasteiger partial charge in [-0.15, -0.1) is 0 Å². The van der Waals surface area contributed by atoms with Gasteiger partial charge in [0.25, 0.3) is 19.7 Å². The van der Waals surface area contributed by atoms with Crippen molar-refractivity contribution >= 4 is 39.6 Å². The normalized spacial score (nSPS) is 15.6. The summed E-state index contributed by atoms with van der Waals surface area (Å²) in [6.45, 7) is 3.55. The Morgan fingerprint density at radius 3 is 1.44 bits per heavy atom. The SMILES string of the molecule is CCS(Cl)(CC)CCCCC(S(=O)(=O)C(F)(F)F)S(=O)(=O)C(F)(F)F. The molecule has 154 valence electrons. The van der Waals surface area contributed by atoms with Gasteiger partial charge in [-0.05, 0) is 30.1 Å². The number of unbranched alkanes of at least 4 members (excludes halogenated alkanes) is 1. The van der Waals surface area contributed by atoms with Gasteiger partial charge in [-0.25, -0.2) is 16.8 Å². The van der Waals surface area contributed by atoms with Gasteiger partial charge in [-0.1, -0.05) is 31.0 Å². The van der Waals surface area contributed by atoms with Crippen molar-refractivity contribution in [1.82, 2.24) is 0 Å². The van der Waals surface area contributed by atoms with Crippen molar-refractivity contribution in [1.29, 1.82) is 0 Å². The van der Waals surface area contributed by atoms with Crippen LogP contribution in [0.15, 0.2) is 0 Å². The molecule has 0 aromatic rings. The molecule has 0 radical (unpaired) electrons. The topological polar surface area (TPSA) is 68.3 Å². The van der Waals surface area contributed by atoms with Crippen LogP contribution >= 0.6 is 19.9 Å². The van der Waals surface area contributed by atoms with E-state index in [0.717, 1.165) is 0 Å². The van der Waals surface area contributed by atoms with Crippen molar-refractivity contribution in [2.24, 2.45) is 0 Å². The van der Waals surface area contributed by atoms with Gasteiger partial charge in [0.15, 0.2) is 4.58 Å². The second-order valence-corrected chi connectivity index (χ2v) is 15.1. The number of sulfone groups is 2. The Labute approximate surface area is 148 Å². The molecule has 0 rings (SSSR count). The highest BCUT2D eigenvalue weighted by molar-refractivity contribution is 8.51. The molecule has 0 fully saturated rings. The van der Waals surface area contributed by atoms with Crippen molar-refractivity contribution < 1.29 is 43.2 Å². The third-order valence-electron chi connectivity index (χ3n) is 3.57. The van der Waals surface area contributed by atoms with Crippen LogP contribution < -0.4 is 0 Å². The first-order valence-electron chi connectivity index (χ1n) is 7.02. The Bertz CT molecular complexity index is 594. The van der Waals surface area contributed by atoms with Crippen LogP contribution in [0.1, 0.15) is 33.1 Å². The van der Waals surface area contributed by atoms with Crippen molar-refractivity contribution in [2.45, 2.75) is 48.7 Å². The zero-order valence-corrected chi connectivity index (χ0v) is 16.5. The van der Waals surface area contributed by atoms with Crippen LogP contribution in [0.25, 0.3) is 0 Å². The molecule has 0 saturated heterocycles. The first-order chi connectivity index (χ1) is 11.0. The van der Waals surface area contributed by atoms with E-state index in [0.29, 0.717) is 11.5 Å². The molecule has 4 nitrogen and oxygen atoms in total. The van der Waals surface area contributed by atoms with Gasteiger partial charge in [0.2, 0.25) is 0 Å². The maximum absolute atomic E-state index is 12.6. The van der Waals surface area contributed by atoms with E-state index in [2.05, 4.69) is 0 Å². The van der Waals surface area contributed by atoms with Crippen LogP contribution in [0.4, 0.5) is 26.3 Å². The first-order valence-corrected chi connectivity index (χ1v) is 13.1. The van der Waals surface area contributed by atoms with E-state index in [1.165, 1.54) is 0 Å². The predicted octanol–water partition coefficient (Wildman–Crippen LogP) is 4.35. The van der Waals surface area contributed by atoms with E-state index in [1.807, 2.05) is 0 Å². The molecule has 25 heavy (non-hydrogen) atoms. The quantitative estimate of drug-likeness (QED) is 0.379. The van der Waals surface area contributed by atoms with Crippen molar-refractivity contribution in [3.8, 4) is 0 Å². The molecule has 14 heteroatoms. The average Bonchev–Trinajstić information content (AvgIpc) is 2.43. The van der Waals surface area contributed by atoms with Crippen LogP contribution in [-0.2, 0) is 19.7 Å². The number of alkyl halides is 6. The van der Waals surface area contributed by atoms with Crippen molar-refractivity contribution in [3.05, 3.63) is 0 Å².